The van der Waals surface area contributed by atoms with Crippen LogP contribution in [0.2, 0.25) is 5.02 Å². The van der Waals surface area contributed by atoms with E-state index in [1.807, 2.05) is 0 Å². The molecule has 0 radical (unpaired) electrons. The highest BCUT2D eigenvalue weighted by atomic mass is 35.5. The van der Waals surface area contributed by atoms with Gasteiger partial charge in [0, 0.05) is 25.9 Å². The maximum atomic E-state index is 13.1. The van der Waals surface area contributed by atoms with Crippen molar-refractivity contribution in [3.63, 3.8) is 0 Å². The molecule has 0 saturated carbocycles. The first-order valence-electron chi connectivity index (χ1n) is 7.70. The Morgan fingerprint density at radius 1 is 1.22 bits per heavy atom. The number of nitrogens with zero attached hydrogens (tertiary/aromatic N) is 1. The molecular weight excluding hydrogens is 395 g/mol. The van der Waals surface area contributed by atoms with E-state index < -0.39 is 21.7 Å². The van der Waals surface area contributed by atoms with Gasteiger partial charge < -0.3 is 10.1 Å². The van der Waals surface area contributed by atoms with Crippen LogP contribution in [-0.2, 0) is 14.8 Å². The van der Waals surface area contributed by atoms with Crippen molar-refractivity contribution in [2.45, 2.75) is 4.90 Å². The van der Waals surface area contributed by atoms with Gasteiger partial charge in [0.15, 0.2) is 0 Å². The van der Waals surface area contributed by atoms with Gasteiger partial charge in [-0.25, -0.2) is 17.1 Å². The highest BCUT2D eigenvalue weighted by Gasteiger charge is 2.22. The van der Waals surface area contributed by atoms with Gasteiger partial charge in [0.05, 0.1) is 12.1 Å². The minimum atomic E-state index is -3.75. The minimum absolute atomic E-state index is 0.0498. The third-order valence-electron chi connectivity index (χ3n) is 3.56. The Kier molecular flexibility index (Phi) is 6.59. The van der Waals surface area contributed by atoms with E-state index in [-0.39, 0.29) is 21.4 Å². The maximum Gasteiger partial charge on any atom is 0.248 e. The highest BCUT2D eigenvalue weighted by molar-refractivity contribution is 7.89. The molecule has 6 nitrogen and oxygen atoms in total. The van der Waals surface area contributed by atoms with E-state index in [0.717, 1.165) is 4.31 Å². The number of halogens is 2. The van der Waals surface area contributed by atoms with Crippen LogP contribution in [0.3, 0.4) is 0 Å². The molecule has 0 aliphatic rings. The van der Waals surface area contributed by atoms with Crippen molar-refractivity contribution < 1.29 is 22.3 Å². The summed E-state index contributed by atoms with van der Waals surface area (Å²) in [6.45, 7) is 0. The number of ether oxygens (including phenoxy) is 1. The number of carbonyl (C=O) groups excluding carboxylic acids is 1. The molecule has 0 fully saturated rings. The molecule has 2 aromatic carbocycles. The summed E-state index contributed by atoms with van der Waals surface area (Å²) < 4.78 is 44.1. The molecule has 0 unspecified atom stereocenters. The Balaban J connectivity index is 2.23. The van der Waals surface area contributed by atoms with E-state index in [4.69, 9.17) is 16.3 Å². The minimum Gasteiger partial charge on any atom is -0.495 e. The lowest BCUT2D eigenvalue weighted by atomic mass is 10.2. The molecule has 0 atom stereocenters. The molecule has 1 amide bonds. The number of hydrogen-bond donors (Lipinski definition) is 1. The smallest absolute Gasteiger partial charge is 0.248 e. The molecule has 0 aliphatic carbocycles. The summed E-state index contributed by atoms with van der Waals surface area (Å²) in [5.74, 6) is -0.877. The summed E-state index contributed by atoms with van der Waals surface area (Å²) in [6.07, 6.45) is 2.69. The SMILES string of the molecule is COc1ccc(NC(=O)/C=C/c2ccc(F)c(Cl)c2)cc1S(=O)(=O)N(C)C. The van der Waals surface area contributed by atoms with Gasteiger partial charge in [0.2, 0.25) is 15.9 Å². The predicted molar refractivity (Wildman–Crippen MR) is 103 cm³/mol. The second-order valence-corrected chi connectivity index (χ2v) is 8.18. The van der Waals surface area contributed by atoms with Crippen molar-refractivity contribution in [1.82, 2.24) is 4.31 Å². The van der Waals surface area contributed by atoms with Crippen LogP contribution in [0.1, 0.15) is 5.56 Å². The van der Waals surface area contributed by atoms with Crippen molar-refractivity contribution in [2.75, 3.05) is 26.5 Å². The van der Waals surface area contributed by atoms with E-state index in [9.17, 15) is 17.6 Å². The molecular formula is C18H18ClFN2O4S. The normalized spacial score (nSPS) is 11.8. The molecule has 0 spiro atoms. The lowest BCUT2D eigenvalue weighted by Gasteiger charge is -2.15. The second-order valence-electron chi connectivity index (χ2n) is 5.65. The van der Waals surface area contributed by atoms with Crippen LogP contribution in [0, 0.1) is 5.82 Å². The van der Waals surface area contributed by atoms with Crippen LogP contribution < -0.4 is 10.1 Å². The first-order valence-corrected chi connectivity index (χ1v) is 9.51. The van der Waals surface area contributed by atoms with Gasteiger partial charge in [-0.15, -0.1) is 0 Å². The number of hydrogen-bond acceptors (Lipinski definition) is 4. The summed E-state index contributed by atoms with van der Waals surface area (Å²) in [5, 5.41) is 2.52. The van der Waals surface area contributed by atoms with E-state index in [1.54, 1.807) is 0 Å². The number of methoxy groups -OCH3 is 1. The molecule has 0 saturated heterocycles. The number of benzene rings is 2. The Morgan fingerprint density at radius 2 is 1.93 bits per heavy atom. The quantitative estimate of drug-likeness (QED) is 0.738. The number of rotatable bonds is 6. The molecule has 2 aromatic rings. The Labute approximate surface area is 162 Å². The van der Waals surface area contributed by atoms with Crippen LogP contribution >= 0.6 is 11.6 Å². The van der Waals surface area contributed by atoms with Crippen molar-refractivity contribution in [3.8, 4) is 5.75 Å². The Morgan fingerprint density at radius 3 is 2.52 bits per heavy atom. The fourth-order valence-electron chi connectivity index (χ4n) is 2.12. The topological polar surface area (TPSA) is 75.7 Å². The van der Waals surface area contributed by atoms with Gasteiger partial charge >= 0.3 is 0 Å². The molecule has 2 rings (SSSR count). The fraction of sp³-hybridized carbons (Fsp3) is 0.167. The lowest BCUT2D eigenvalue weighted by Crippen LogP contribution is -2.23. The summed E-state index contributed by atoms with van der Waals surface area (Å²) >= 11 is 5.69. The first kappa shape index (κ1) is 20.9. The summed E-state index contributed by atoms with van der Waals surface area (Å²) in [4.78, 5) is 12.0. The number of amides is 1. The van der Waals surface area contributed by atoms with E-state index in [0.29, 0.717) is 5.56 Å². The van der Waals surface area contributed by atoms with Crippen molar-refractivity contribution in [3.05, 3.63) is 58.9 Å². The molecule has 0 bridgehead atoms. The van der Waals surface area contributed by atoms with E-state index in [1.165, 1.54) is 69.8 Å². The van der Waals surface area contributed by atoms with Gasteiger partial charge in [-0.2, -0.15) is 0 Å². The fourth-order valence-corrected chi connectivity index (χ4v) is 3.39. The van der Waals surface area contributed by atoms with Crippen molar-refractivity contribution >= 4 is 39.3 Å². The predicted octanol–water partition coefficient (Wildman–Crippen LogP) is 3.39. The molecule has 0 heterocycles. The number of nitrogens with one attached hydrogen (secondary N) is 1. The van der Waals surface area contributed by atoms with Gasteiger partial charge in [-0.3, -0.25) is 4.79 Å². The zero-order valence-corrected chi connectivity index (χ0v) is 16.4. The number of carbonyl (C=O) groups is 1. The lowest BCUT2D eigenvalue weighted by molar-refractivity contribution is -0.111. The molecule has 0 aromatic heterocycles. The average Bonchev–Trinajstić information content (AvgIpc) is 2.62. The van der Waals surface area contributed by atoms with Gasteiger partial charge in [-0.05, 0) is 42.0 Å². The Bertz CT molecular complexity index is 991. The first-order chi connectivity index (χ1) is 12.6. The monoisotopic (exact) mass is 412 g/mol. The number of anilines is 1. The zero-order valence-electron chi connectivity index (χ0n) is 14.9. The van der Waals surface area contributed by atoms with Crippen LogP contribution in [0.25, 0.3) is 6.08 Å². The zero-order chi connectivity index (χ0) is 20.2. The third-order valence-corrected chi connectivity index (χ3v) is 5.69. The van der Waals surface area contributed by atoms with Gasteiger partial charge in [-0.1, -0.05) is 17.7 Å². The van der Waals surface area contributed by atoms with Crippen LogP contribution in [0.5, 0.6) is 5.75 Å². The standard InChI is InChI=1S/C18H18ClFN2O4S/c1-22(2)27(24,25)17-11-13(6-8-16(17)26-3)21-18(23)9-5-12-4-7-15(20)14(19)10-12/h4-11H,1-3H3,(H,21,23)/b9-5+. The summed E-state index contributed by atoms with van der Waals surface area (Å²) in [6, 6.07) is 8.34. The van der Waals surface area contributed by atoms with E-state index >= 15 is 0 Å². The largest absolute Gasteiger partial charge is 0.495 e. The van der Waals surface area contributed by atoms with Gasteiger partial charge in [0.25, 0.3) is 0 Å². The summed E-state index contributed by atoms with van der Waals surface area (Å²) in [5.41, 5.74) is 0.824. The molecule has 1 N–H and O–H groups in total. The number of sulfonamides is 1. The molecule has 9 heteroatoms. The summed E-state index contributed by atoms with van der Waals surface area (Å²) in [7, 11) is 0.406. The van der Waals surface area contributed by atoms with Gasteiger partial charge in [0.1, 0.15) is 16.5 Å². The van der Waals surface area contributed by atoms with Crippen LogP contribution in [0.15, 0.2) is 47.4 Å². The maximum absolute atomic E-state index is 13.1. The van der Waals surface area contributed by atoms with Crippen molar-refractivity contribution in [1.29, 1.82) is 0 Å². The molecule has 27 heavy (non-hydrogen) atoms. The Hall–Kier alpha value is -2.42. The van der Waals surface area contributed by atoms with Crippen molar-refractivity contribution in [2.24, 2.45) is 0 Å². The van der Waals surface area contributed by atoms with Crippen LogP contribution in [0.4, 0.5) is 10.1 Å². The molecule has 0 aliphatic heterocycles. The molecule has 144 valence electrons. The third kappa shape index (κ3) is 5.06. The van der Waals surface area contributed by atoms with E-state index in [2.05, 4.69) is 5.32 Å². The average molecular weight is 413 g/mol. The second kappa shape index (κ2) is 8.51. The van der Waals surface area contributed by atoms with Crippen LogP contribution in [-0.4, -0.2) is 39.8 Å². The highest BCUT2D eigenvalue weighted by Crippen LogP contribution is 2.28.